The number of ether oxygens (including phenoxy) is 1. The van der Waals surface area contributed by atoms with Crippen LogP contribution in [0.2, 0.25) is 0 Å². The van der Waals surface area contributed by atoms with Crippen LogP contribution in [0.25, 0.3) is 0 Å². The van der Waals surface area contributed by atoms with Crippen molar-refractivity contribution in [3.05, 3.63) is 0 Å². The maximum Gasteiger partial charge on any atom is 0.320 e. The number of nitrogens with one attached hydrogen (secondary N) is 1. The molecule has 0 aromatic rings. The zero-order valence-electron chi connectivity index (χ0n) is 11.9. The quantitative estimate of drug-likeness (QED) is 0.648. The van der Waals surface area contributed by atoms with Gasteiger partial charge in [-0.3, -0.25) is 9.59 Å². The molecular formula is C13H25NO4. The first-order valence-corrected chi connectivity index (χ1v) is 6.25. The molecule has 0 aliphatic rings. The van der Waals surface area contributed by atoms with Crippen LogP contribution in [0, 0.1) is 11.3 Å². The highest BCUT2D eigenvalue weighted by Gasteiger charge is 2.29. The Morgan fingerprint density at radius 1 is 1.33 bits per heavy atom. The third-order valence-electron chi connectivity index (χ3n) is 2.88. The van der Waals surface area contributed by atoms with E-state index in [-0.39, 0.29) is 5.97 Å². The summed E-state index contributed by atoms with van der Waals surface area (Å²) >= 11 is 0. The maximum absolute atomic E-state index is 11.5. The highest BCUT2D eigenvalue weighted by Crippen LogP contribution is 2.21. The molecule has 0 amide bonds. The van der Waals surface area contributed by atoms with Crippen molar-refractivity contribution in [1.82, 2.24) is 5.32 Å². The summed E-state index contributed by atoms with van der Waals surface area (Å²) in [5.41, 5.74) is -0.595. The fraction of sp³-hybridized carbons (Fsp3) is 0.846. The molecule has 0 heterocycles. The Labute approximate surface area is 109 Å². The zero-order chi connectivity index (χ0) is 14.3. The van der Waals surface area contributed by atoms with Crippen molar-refractivity contribution in [2.75, 3.05) is 13.7 Å². The Hall–Kier alpha value is -1.10. The second-order valence-electron chi connectivity index (χ2n) is 5.60. The number of aliphatic carboxylic acids is 1. The Balaban J connectivity index is 4.22. The van der Waals surface area contributed by atoms with Crippen LogP contribution in [0.5, 0.6) is 0 Å². The molecule has 5 nitrogen and oxygen atoms in total. The molecule has 2 N–H and O–H groups in total. The van der Waals surface area contributed by atoms with E-state index in [0.29, 0.717) is 25.3 Å². The standard InChI is InChI=1S/C13H25NO4/c1-9(2)8-10(11(15)16)14-7-6-13(3,4)12(17)18-5/h9-10,14H,6-8H2,1-5H3,(H,15,16). The van der Waals surface area contributed by atoms with Gasteiger partial charge in [-0.25, -0.2) is 0 Å². The largest absolute Gasteiger partial charge is 0.480 e. The highest BCUT2D eigenvalue weighted by atomic mass is 16.5. The first-order chi connectivity index (χ1) is 8.20. The van der Waals surface area contributed by atoms with Crippen LogP contribution in [-0.4, -0.2) is 36.7 Å². The normalized spacial score (nSPS) is 13.4. The van der Waals surface area contributed by atoms with E-state index < -0.39 is 17.4 Å². The molecule has 0 aromatic heterocycles. The molecule has 1 atom stereocenters. The monoisotopic (exact) mass is 259 g/mol. The van der Waals surface area contributed by atoms with E-state index in [1.807, 2.05) is 13.8 Å². The smallest absolute Gasteiger partial charge is 0.320 e. The minimum Gasteiger partial charge on any atom is -0.480 e. The van der Waals surface area contributed by atoms with Crippen molar-refractivity contribution in [2.45, 2.75) is 46.6 Å². The van der Waals surface area contributed by atoms with Crippen LogP contribution in [-0.2, 0) is 14.3 Å². The van der Waals surface area contributed by atoms with Gasteiger partial charge in [-0.15, -0.1) is 0 Å². The number of hydrogen-bond acceptors (Lipinski definition) is 4. The summed E-state index contributed by atoms with van der Waals surface area (Å²) in [5.74, 6) is -0.813. The SMILES string of the molecule is COC(=O)C(C)(C)CCNC(CC(C)C)C(=O)O. The Bertz CT molecular complexity index is 287. The molecule has 1 unspecified atom stereocenters. The lowest BCUT2D eigenvalue weighted by Gasteiger charge is -2.23. The van der Waals surface area contributed by atoms with Crippen molar-refractivity contribution >= 4 is 11.9 Å². The van der Waals surface area contributed by atoms with E-state index in [1.165, 1.54) is 7.11 Å². The molecule has 0 saturated heterocycles. The van der Waals surface area contributed by atoms with Crippen molar-refractivity contribution in [1.29, 1.82) is 0 Å². The van der Waals surface area contributed by atoms with Crippen molar-refractivity contribution < 1.29 is 19.4 Å². The molecule has 5 heteroatoms. The third kappa shape index (κ3) is 6.00. The van der Waals surface area contributed by atoms with Gasteiger partial charge in [0.25, 0.3) is 0 Å². The molecule has 106 valence electrons. The van der Waals surface area contributed by atoms with Crippen LogP contribution in [0.1, 0.15) is 40.5 Å². The molecule has 0 rings (SSSR count). The van der Waals surface area contributed by atoms with E-state index in [4.69, 9.17) is 9.84 Å². The summed E-state index contributed by atoms with van der Waals surface area (Å²) < 4.78 is 4.70. The molecule has 0 spiro atoms. The average molecular weight is 259 g/mol. The van der Waals surface area contributed by atoms with E-state index in [2.05, 4.69) is 5.32 Å². The van der Waals surface area contributed by atoms with Gasteiger partial charge in [-0.05, 0) is 39.2 Å². The minimum atomic E-state index is -0.848. The molecule has 0 saturated carbocycles. The summed E-state index contributed by atoms with van der Waals surface area (Å²) in [6.07, 6.45) is 1.12. The lowest BCUT2D eigenvalue weighted by molar-refractivity contribution is -0.151. The van der Waals surface area contributed by atoms with Gasteiger partial charge in [-0.2, -0.15) is 0 Å². The van der Waals surface area contributed by atoms with Crippen LogP contribution in [0.3, 0.4) is 0 Å². The number of hydrogen-bond donors (Lipinski definition) is 2. The summed E-state index contributed by atoms with van der Waals surface area (Å²) in [4.78, 5) is 22.5. The third-order valence-corrected chi connectivity index (χ3v) is 2.88. The van der Waals surface area contributed by atoms with Crippen molar-refractivity contribution in [3.63, 3.8) is 0 Å². The predicted octanol–water partition coefficient (Wildman–Crippen LogP) is 1.66. The number of methoxy groups -OCH3 is 1. The molecule has 0 fully saturated rings. The summed E-state index contributed by atoms with van der Waals surface area (Å²) in [6.45, 7) is 8.02. The second kappa shape index (κ2) is 7.36. The molecule has 18 heavy (non-hydrogen) atoms. The van der Waals surface area contributed by atoms with Gasteiger partial charge in [-0.1, -0.05) is 13.8 Å². The van der Waals surface area contributed by atoms with E-state index in [0.717, 1.165) is 0 Å². The van der Waals surface area contributed by atoms with Gasteiger partial charge in [0.15, 0.2) is 0 Å². The summed E-state index contributed by atoms with van der Waals surface area (Å²) in [7, 11) is 1.36. The average Bonchev–Trinajstić information content (AvgIpc) is 2.25. The van der Waals surface area contributed by atoms with Gasteiger partial charge in [0.2, 0.25) is 0 Å². The number of carboxylic acid groups (broad SMARTS) is 1. The first-order valence-electron chi connectivity index (χ1n) is 6.25. The van der Waals surface area contributed by atoms with Crippen LogP contribution >= 0.6 is 0 Å². The predicted molar refractivity (Wildman–Crippen MR) is 69.3 cm³/mol. The van der Waals surface area contributed by atoms with Crippen LogP contribution in [0.15, 0.2) is 0 Å². The van der Waals surface area contributed by atoms with E-state index in [1.54, 1.807) is 13.8 Å². The maximum atomic E-state index is 11.5. The second-order valence-corrected chi connectivity index (χ2v) is 5.60. The Morgan fingerprint density at radius 3 is 2.28 bits per heavy atom. The summed E-state index contributed by atoms with van der Waals surface area (Å²) in [5, 5.41) is 12.0. The summed E-state index contributed by atoms with van der Waals surface area (Å²) in [6, 6.07) is -0.557. The van der Waals surface area contributed by atoms with Crippen molar-refractivity contribution in [3.8, 4) is 0 Å². The lowest BCUT2D eigenvalue weighted by atomic mass is 9.89. The Morgan fingerprint density at radius 2 is 1.89 bits per heavy atom. The molecule has 0 aromatic carbocycles. The zero-order valence-corrected chi connectivity index (χ0v) is 11.9. The van der Waals surface area contributed by atoms with Crippen LogP contribution < -0.4 is 5.32 Å². The van der Waals surface area contributed by atoms with Gasteiger partial charge >= 0.3 is 11.9 Å². The lowest BCUT2D eigenvalue weighted by Crippen LogP contribution is -2.40. The number of esters is 1. The van der Waals surface area contributed by atoms with Gasteiger partial charge in [0.1, 0.15) is 6.04 Å². The minimum absolute atomic E-state index is 0.278. The fourth-order valence-corrected chi connectivity index (χ4v) is 1.68. The van der Waals surface area contributed by atoms with Gasteiger partial charge in [0, 0.05) is 0 Å². The van der Waals surface area contributed by atoms with E-state index in [9.17, 15) is 9.59 Å². The number of rotatable bonds is 8. The van der Waals surface area contributed by atoms with Gasteiger partial charge in [0.05, 0.1) is 12.5 Å². The highest BCUT2D eigenvalue weighted by molar-refractivity contribution is 5.75. The van der Waals surface area contributed by atoms with Crippen molar-refractivity contribution in [2.24, 2.45) is 11.3 Å². The van der Waals surface area contributed by atoms with Gasteiger partial charge < -0.3 is 15.2 Å². The van der Waals surface area contributed by atoms with E-state index >= 15 is 0 Å². The number of carbonyl (C=O) groups is 2. The number of carboxylic acids is 1. The molecule has 0 radical (unpaired) electrons. The molecule has 0 bridgehead atoms. The first kappa shape index (κ1) is 16.9. The van der Waals surface area contributed by atoms with Crippen LogP contribution in [0.4, 0.5) is 0 Å². The molecule has 0 aliphatic heterocycles. The molecule has 0 aliphatic carbocycles. The number of carbonyl (C=O) groups excluding carboxylic acids is 1. The fourth-order valence-electron chi connectivity index (χ4n) is 1.68. The Kier molecular flexibility index (Phi) is 6.91. The topological polar surface area (TPSA) is 75.6 Å². The molecular weight excluding hydrogens is 234 g/mol.